The number of unbranched alkanes of at least 4 members (excludes halogenated alkanes) is 2. The highest BCUT2D eigenvalue weighted by Crippen LogP contribution is 2.06. The first kappa shape index (κ1) is 10.4. The van der Waals surface area contributed by atoms with E-state index in [1.165, 1.54) is 0 Å². The Labute approximate surface area is 84.7 Å². The average molecular weight is 189 g/mol. The van der Waals surface area contributed by atoms with E-state index in [9.17, 15) is 0 Å². The van der Waals surface area contributed by atoms with Gasteiger partial charge in [-0.05, 0) is 25.0 Å². The van der Waals surface area contributed by atoms with Crippen LogP contribution in [-0.4, -0.2) is 11.5 Å². The summed E-state index contributed by atoms with van der Waals surface area (Å²) in [4.78, 5) is 4.12. The summed E-state index contributed by atoms with van der Waals surface area (Å²) in [5.41, 5.74) is 6.19. The minimum absolute atomic E-state index is 0.683. The zero-order chi connectivity index (χ0) is 10.2. The average Bonchev–Trinajstić information content (AvgIpc) is 2.21. The van der Waals surface area contributed by atoms with Gasteiger partial charge in [-0.1, -0.05) is 0 Å². The van der Waals surface area contributed by atoms with Crippen molar-refractivity contribution in [3.05, 3.63) is 18.3 Å². The Hall–Kier alpha value is -1.69. The van der Waals surface area contributed by atoms with Crippen LogP contribution in [0.5, 0.6) is 0 Å². The first-order chi connectivity index (χ1) is 6.83. The van der Waals surface area contributed by atoms with Crippen LogP contribution in [0.3, 0.4) is 0 Å². The quantitative estimate of drug-likeness (QED) is 0.549. The minimum atomic E-state index is 0.683. The van der Waals surface area contributed by atoms with Gasteiger partial charge in [0.05, 0.1) is 11.9 Å². The molecule has 0 unspecified atom stereocenters. The number of rotatable bonds is 5. The summed E-state index contributed by atoms with van der Waals surface area (Å²) in [7, 11) is 0. The molecule has 0 saturated heterocycles. The second-order valence-electron chi connectivity index (χ2n) is 3.06. The van der Waals surface area contributed by atoms with E-state index in [0.29, 0.717) is 5.69 Å². The molecule has 14 heavy (non-hydrogen) atoms. The van der Waals surface area contributed by atoms with Crippen molar-refractivity contribution in [2.45, 2.75) is 19.3 Å². The Morgan fingerprint density at radius 1 is 1.43 bits per heavy atom. The molecule has 1 heterocycles. The molecule has 0 bridgehead atoms. The first-order valence-corrected chi connectivity index (χ1v) is 4.72. The monoisotopic (exact) mass is 189 g/mol. The molecule has 0 atom stereocenters. The predicted octanol–water partition coefficient (Wildman–Crippen LogP) is 1.88. The number of pyridine rings is 1. The lowest BCUT2D eigenvalue weighted by molar-refractivity contribution is 0.787. The molecule has 1 aromatic heterocycles. The van der Waals surface area contributed by atoms with Gasteiger partial charge >= 0.3 is 0 Å². The second-order valence-corrected chi connectivity index (χ2v) is 3.06. The Morgan fingerprint density at radius 3 is 2.93 bits per heavy atom. The van der Waals surface area contributed by atoms with Gasteiger partial charge in [-0.25, -0.2) is 4.98 Å². The van der Waals surface area contributed by atoms with E-state index in [0.717, 1.165) is 31.6 Å². The van der Waals surface area contributed by atoms with Gasteiger partial charge in [0.1, 0.15) is 5.82 Å². The molecule has 0 aromatic carbocycles. The number of nitrogens with two attached hydrogens (primary N) is 1. The number of nitrogens with zero attached hydrogens (tertiary/aromatic N) is 1. The normalized spacial score (nSPS) is 9.36. The van der Waals surface area contributed by atoms with E-state index in [-0.39, 0.29) is 0 Å². The summed E-state index contributed by atoms with van der Waals surface area (Å²) >= 11 is 0. The smallest absolute Gasteiger partial charge is 0.126 e. The number of aromatic nitrogens is 1. The number of nitrogens with one attached hydrogen (secondary N) is 1. The number of terminal acetylenes is 1. The number of anilines is 2. The van der Waals surface area contributed by atoms with E-state index < -0.39 is 0 Å². The Morgan fingerprint density at radius 2 is 2.29 bits per heavy atom. The Kier molecular flexibility index (Phi) is 4.36. The Balaban J connectivity index is 2.19. The number of hydrogen-bond acceptors (Lipinski definition) is 3. The fourth-order valence-corrected chi connectivity index (χ4v) is 1.08. The lowest BCUT2D eigenvalue weighted by atomic mass is 10.2. The Bertz CT molecular complexity index is 297. The van der Waals surface area contributed by atoms with Crippen molar-refractivity contribution in [1.29, 1.82) is 0 Å². The standard InChI is InChI=1S/C11H15N3/c1-2-3-4-5-8-13-11-7-6-10(12)9-14-11/h1,6-7,9H,3-5,8,12H2,(H,13,14). The molecular weight excluding hydrogens is 174 g/mol. The van der Waals surface area contributed by atoms with Crippen LogP contribution in [0.4, 0.5) is 11.5 Å². The van der Waals surface area contributed by atoms with E-state index in [2.05, 4.69) is 16.2 Å². The lowest BCUT2D eigenvalue weighted by Gasteiger charge is -2.04. The second kappa shape index (κ2) is 5.87. The van der Waals surface area contributed by atoms with Crippen LogP contribution in [-0.2, 0) is 0 Å². The molecule has 1 aromatic rings. The van der Waals surface area contributed by atoms with Crippen molar-refractivity contribution in [1.82, 2.24) is 4.98 Å². The summed E-state index contributed by atoms with van der Waals surface area (Å²) in [5.74, 6) is 3.47. The van der Waals surface area contributed by atoms with Gasteiger partial charge in [0, 0.05) is 13.0 Å². The van der Waals surface area contributed by atoms with Gasteiger partial charge in [-0.2, -0.15) is 0 Å². The lowest BCUT2D eigenvalue weighted by Crippen LogP contribution is -2.03. The van der Waals surface area contributed by atoms with E-state index >= 15 is 0 Å². The third-order valence-electron chi connectivity index (χ3n) is 1.84. The maximum atomic E-state index is 5.51. The summed E-state index contributed by atoms with van der Waals surface area (Å²) in [6.07, 6.45) is 9.75. The van der Waals surface area contributed by atoms with Crippen molar-refractivity contribution in [2.75, 3.05) is 17.6 Å². The molecule has 0 aliphatic heterocycles. The molecule has 1 rings (SSSR count). The van der Waals surface area contributed by atoms with Gasteiger partial charge in [-0.15, -0.1) is 12.3 Å². The molecule has 0 saturated carbocycles. The fourth-order valence-electron chi connectivity index (χ4n) is 1.08. The topological polar surface area (TPSA) is 50.9 Å². The minimum Gasteiger partial charge on any atom is -0.397 e. The molecule has 0 spiro atoms. The highest BCUT2D eigenvalue weighted by molar-refractivity contribution is 5.43. The zero-order valence-corrected chi connectivity index (χ0v) is 8.16. The summed E-state index contributed by atoms with van der Waals surface area (Å²) in [6.45, 7) is 0.901. The van der Waals surface area contributed by atoms with Crippen LogP contribution in [0.2, 0.25) is 0 Å². The molecule has 0 amide bonds. The van der Waals surface area contributed by atoms with Crippen LogP contribution in [0, 0.1) is 12.3 Å². The van der Waals surface area contributed by atoms with Crippen LogP contribution in [0.25, 0.3) is 0 Å². The van der Waals surface area contributed by atoms with Crippen molar-refractivity contribution in [3.63, 3.8) is 0 Å². The first-order valence-electron chi connectivity index (χ1n) is 4.72. The van der Waals surface area contributed by atoms with E-state index in [4.69, 9.17) is 12.2 Å². The third kappa shape index (κ3) is 3.81. The highest BCUT2D eigenvalue weighted by Gasteiger charge is 1.92. The number of nitrogen functional groups attached to an aromatic ring is 1. The van der Waals surface area contributed by atoms with Gasteiger partial charge in [0.2, 0.25) is 0 Å². The molecule has 0 radical (unpaired) electrons. The largest absolute Gasteiger partial charge is 0.397 e. The number of hydrogen-bond donors (Lipinski definition) is 2. The SMILES string of the molecule is C#CCCCCNc1ccc(N)cn1. The van der Waals surface area contributed by atoms with Crippen LogP contribution in [0.1, 0.15) is 19.3 Å². The van der Waals surface area contributed by atoms with Crippen molar-refractivity contribution < 1.29 is 0 Å². The summed E-state index contributed by atoms with van der Waals surface area (Å²) in [6, 6.07) is 3.70. The molecule has 0 aliphatic rings. The molecule has 3 nitrogen and oxygen atoms in total. The van der Waals surface area contributed by atoms with Gasteiger partial charge in [-0.3, -0.25) is 0 Å². The summed E-state index contributed by atoms with van der Waals surface area (Å²) in [5, 5.41) is 3.20. The molecule has 3 heteroatoms. The maximum absolute atomic E-state index is 5.51. The van der Waals surface area contributed by atoms with Crippen LogP contribution < -0.4 is 11.1 Å². The zero-order valence-electron chi connectivity index (χ0n) is 8.16. The van der Waals surface area contributed by atoms with Crippen LogP contribution in [0.15, 0.2) is 18.3 Å². The fraction of sp³-hybridized carbons (Fsp3) is 0.364. The molecule has 3 N–H and O–H groups in total. The molecule has 0 aliphatic carbocycles. The molecule has 0 fully saturated rings. The van der Waals surface area contributed by atoms with Gasteiger partial charge in [0.15, 0.2) is 0 Å². The van der Waals surface area contributed by atoms with Crippen molar-refractivity contribution >= 4 is 11.5 Å². The molecule has 74 valence electrons. The van der Waals surface area contributed by atoms with Crippen LogP contribution >= 0.6 is 0 Å². The van der Waals surface area contributed by atoms with Gasteiger partial charge in [0.25, 0.3) is 0 Å². The summed E-state index contributed by atoms with van der Waals surface area (Å²) < 4.78 is 0. The molecular formula is C11H15N3. The third-order valence-corrected chi connectivity index (χ3v) is 1.84. The van der Waals surface area contributed by atoms with Gasteiger partial charge < -0.3 is 11.1 Å². The maximum Gasteiger partial charge on any atom is 0.126 e. The van der Waals surface area contributed by atoms with Crippen molar-refractivity contribution in [3.8, 4) is 12.3 Å². The predicted molar refractivity (Wildman–Crippen MR) is 59.8 cm³/mol. The van der Waals surface area contributed by atoms with E-state index in [1.807, 2.05) is 12.1 Å². The van der Waals surface area contributed by atoms with E-state index in [1.54, 1.807) is 6.20 Å². The highest BCUT2D eigenvalue weighted by atomic mass is 15.0. The van der Waals surface area contributed by atoms with Crippen molar-refractivity contribution in [2.24, 2.45) is 0 Å².